The molecule has 0 atom stereocenters. The van der Waals surface area contributed by atoms with Crippen LogP contribution < -0.4 is 4.90 Å². The molecule has 2 aliphatic rings. The van der Waals surface area contributed by atoms with Crippen molar-refractivity contribution in [2.24, 2.45) is 17.8 Å². The number of amides is 1. The molecular formula is C32H43Cl2N3O4S. The molecule has 230 valence electrons. The summed E-state index contributed by atoms with van der Waals surface area (Å²) in [7, 11) is -3.26. The van der Waals surface area contributed by atoms with Crippen LogP contribution in [0.15, 0.2) is 42.5 Å². The largest absolute Gasteiger partial charge is 0.312 e. The van der Waals surface area contributed by atoms with Crippen LogP contribution in [0.4, 0.5) is 5.69 Å². The Labute approximate surface area is 261 Å². The van der Waals surface area contributed by atoms with E-state index < -0.39 is 10.0 Å². The Balaban J connectivity index is 1.29. The normalized spacial score (nSPS) is 18.0. The monoisotopic (exact) mass is 635 g/mol. The molecule has 0 radical (unpaired) electrons. The quantitative estimate of drug-likeness (QED) is 0.276. The van der Waals surface area contributed by atoms with Crippen LogP contribution in [-0.4, -0.2) is 74.8 Å². The maximum atomic E-state index is 13.7. The first-order chi connectivity index (χ1) is 19.9. The Morgan fingerprint density at radius 2 is 1.57 bits per heavy atom. The van der Waals surface area contributed by atoms with Crippen LogP contribution in [-0.2, 0) is 21.2 Å². The molecule has 4 rings (SSSR count). The molecule has 0 saturated carbocycles. The Hall–Kier alpha value is -1.97. The summed E-state index contributed by atoms with van der Waals surface area (Å²) in [6.07, 6.45) is 6.34. The predicted molar refractivity (Wildman–Crippen MR) is 171 cm³/mol. The van der Waals surface area contributed by atoms with Crippen molar-refractivity contribution in [1.82, 2.24) is 9.21 Å². The minimum atomic E-state index is -3.26. The lowest BCUT2D eigenvalue weighted by Gasteiger charge is -2.35. The summed E-state index contributed by atoms with van der Waals surface area (Å²) in [6, 6.07) is 13.4. The second-order valence-corrected chi connectivity index (χ2v) is 14.9. The van der Waals surface area contributed by atoms with Crippen molar-refractivity contribution in [1.29, 1.82) is 0 Å². The van der Waals surface area contributed by atoms with Crippen LogP contribution in [0.1, 0.15) is 61.9 Å². The van der Waals surface area contributed by atoms with Crippen molar-refractivity contribution in [3.63, 3.8) is 0 Å². The number of sulfonamides is 1. The Morgan fingerprint density at radius 1 is 0.929 bits per heavy atom. The molecule has 0 aliphatic carbocycles. The summed E-state index contributed by atoms with van der Waals surface area (Å²) in [4.78, 5) is 30.2. The number of nitrogens with zero attached hydrogens (tertiary/aromatic N) is 3. The van der Waals surface area contributed by atoms with Gasteiger partial charge in [-0.15, -0.1) is 0 Å². The molecule has 0 aromatic heterocycles. The van der Waals surface area contributed by atoms with Gasteiger partial charge in [-0.3, -0.25) is 9.59 Å². The first-order valence-corrected chi connectivity index (χ1v) is 17.6. The van der Waals surface area contributed by atoms with Gasteiger partial charge in [-0.2, -0.15) is 0 Å². The van der Waals surface area contributed by atoms with Gasteiger partial charge < -0.3 is 9.80 Å². The fourth-order valence-electron chi connectivity index (χ4n) is 6.01. The number of carbonyl (C=O) groups is 2. The average molecular weight is 637 g/mol. The van der Waals surface area contributed by atoms with Gasteiger partial charge in [0.1, 0.15) is 0 Å². The van der Waals surface area contributed by atoms with Crippen molar-refractivity contribution in [2.75, 3.05) is 50.4 Å². The number of benzene rings is 2. The Morgan fingerprint density at radius 3 is 2.14 bits per heavy atom. The highest BCUT2D eigenvalue weighted by atomic mass is 35.5. The summed E-state index contributed by atoms with van der Waals surface area (Å²) in [5.74, 6) is 0.605. The fourth-order valence-corrected chi connectivity index (χ4v) is 7.18. The van der Waals surface area contributed by atoms with E-state index in [1.165, 1.54) is 16.1 Å². The molecular weight excluding hydrogens is 593 g/mol. The van der Waals surface area contributed by atoms with Gasteiger partial charge in [-0.05, 0) is 87.8 Å². The number of likely N-dealkylation sites (tertiary alicyclic amines) is 1. The third kappa shape index (κ3) is 8.79. The topological polar surface area (TPSA) is 78.0 Å². The first kappa shape index (κ1) is 32.9. The molecule has 0 bridgehead atoms. The first-order valence-electron chi connectivity index (χ1n) is 15.0. The molecule has 10 heteroatoms. The molecule has 0 unspecified atom stereocenters. The molecule has 0 N–H and O–H groups in total. The lowest BCUT2D eigenvalue weighted by Crippen LogP contribution is -2.45. The summed E-state index contributed by atoms with van der Waals surface area (Å²) < 4.78 is 25.3. The highest BCUT2D eigenvalue weighted by molar-refractivity contribution is 7.88. The van der Waals surface area contributed by atoms with E-state index in [0.29, 0.717) is 48.4 Å². The van der Waals surface area contributed by atoms with Crippen molar-refractivity contribution in [3.05, 3.63) is 63.6 Å². The van der Waals surface area contributed by atoms with Crippen molar-refractivity contribution < 1.29 is 18.0 Å². The summed E-state index contributed by atoms with van der Waals surface area (Å²) in [5.41, 5.74) is 2.79. The summed E-state index contributed by atoms with van der Waals surface area (Å²) in [5, 5.41) is 0.847. The fraction of sp³-hybridized carbons (Fsp3) is 0.562. The highest BCUT2D eigenvalue weighted by Crippen LogP contribution is 2.30. The standard InChI is InChI=1S/C32H43Cl2N3O4S/c1-23(2)31(38)26-7-5-24(6-8-26)21-25-11-17-35(18-12-25)15-4-16-37(28-9-10-29(33)30(34)22-28)32(39)27-13-19-36(20-14-27)42(3,40)41/h5-10,22-23,25,27H,4,11-21H2,1-3H3. The second-order valence-electron chi connectivity index (χ2n) is 12.1. The van der Waals surface area contributed by atoms with Crippen LogP contribution in [0.3, 0.4) is 0 Å². The van der Waals surface area contributed by atoms with E-state index in [0.717, 1.165) is 56.6 Å². The number of hydrogen-bond acceptors (Lipinski definition) is 5. The van der Waals surface area contributed by atoms with Gasteiger partial charge in [0.25, 0.3) is 0 Å². The number of anilines is 1. The van der Waals surface area contributed by atoms with E-state index in [-0.39, 0.29) is 23.5 Å². The molecule has 2 aromatic rings. The minimum absolute atomic E-state index is 0.00882. The number of piperidine rings is 2. The average Bonchev–Trinajstić information content (AvgIpc) is 2.97. The number of halogens is 2. The maximum Gasteiger partial charge on any atom is 0.230 e. The minimum Gasteiger partial charge on any atom is -0.312 e. The van der Waals surface area contributed by atoms with Gasteiger partial charge in [-0.1, -0.05) is 61.3 Å². The van der Waals surface area contributed by atoms with Crippen molar-refractivity contribution in [3.8, 4) is 0 Å². The molecule has 2 fully saturated rings. The lowest BCUT2D eigenvalue weighted by atomic mass is 9.89. The number of Topliss-reactive ketones (excluding diaryl/α,β-unsaturated/α-hetero) is 1. The third-order valence-corrected chi connectivity index (χ3v) is 10.6. The van der Waals surface area contributed by atoms with Gasteiger partial charge >= 0.3 is 0 Å². The zero-order valence-corrected chi connectivity index (χ0v) is 27.2. The van der Waals surface area contributed by atoms with E-state index >= 15 is 0 Å². The van der Waals surface area contributed by atoms with Crippen LogP contribution in [0.2, 0.25) is 10.0 Å². The van der Waals surface area contributed by atoms with Gasteiger partial charge in [0.2, 0.25) is 15.9 Å². The highest BCUT2D eigenvalue weighted by Gasteiger charge is 2.32. The number of hydrogen-bond donors (Lipinski definition) is 0. The van der Waals surface area contributed by atoms with Gasteiger partial charge in [0.05, 0.1) is 16.3 Å². The molecule has 0 spiro atoms. The van der Waals surface area contributed by atoms with Crippen LogP contribution in [0, 0.1) is 17.8 Å². The van der Waals surface area contributed by atoms with E-state index in [4.69, 9.17) is 23.2 Å². The predicted octanol–water partition coefficient (Wildman–Crippen LogP) is 6.18. The Kier molecular flexibility index (Phi) is 11.5. The van der Waals surface area contributed by atoms with Gasteiger partial charge in [0.15, 0.2) is 5.78 Å². The van der Waals surface area contributed by atoms with Gasteiger partial charge in [-0.25, -0.2) is 12.7 Å². The zero-order chi connectivity index (χ0) is 30.4. The molecule has 2 heterocycles. The summed E-state index contributed by atoms with van der Waals surface area (Å²) in [6.45, 7) is 8.09. The molecule has 2 aromatic carbocycles. The van der Waals surface area contributed by atoms with E-state index in [2.05, 4.69) is 17.0 Å². The Bertz CT molecular complexity index is 1330. The van der Waals surface area contributed by atoms with Gasteiger partial charge in [0, 0.05) is 42.7 Å². The molecule has 2 saturated heterocycles. The SMILES string of the molecule is CC(C)C(=O)c1ccc(CC2CCN(CCCN(C(=O)C3CCN(S(C)(=O)=O)CC3)c3ccc(Cl)c(Cl)c3)CC2)cc1. The molecule has 42 heavy (non-hydrogen) atoms. The third-order valence-electron chi connectivity index (χ3n) is 8.60. The maximum absolute atomic E-state index is 13.7. The van der Waals surface area contributed by atoms with E-state index in [9.17, 15) is 18.0 Å². The second kappa shape index (κ2) is 14.7. The number of rotatable bonds is 11. The number of carbonyl (C=O) groups excluding carboxylic acids is 2. The molecule has 7 nitrogen and oxygen atoms in total. The van der Waals surface area contributed by atoms with E-state index in [1.807, 2.05) is 36.9 Å². The smallest absolute Gasteiger partial charge is 0.230 e. The van der Waals surface area contributed by atoms with Crippen LogP contribution >= 0.6 is 23.2 Å². The van der Waals surface area contributed by atoms with Crippen LogP contribution in [0.25, 0.3) is 0 Å². The molecule has 1 amide bonds. The van der Waals surface area contributed by atoms with Crippen molar-refractivity contribution in [2.45, 2.75) is 52.4 Å². The molecule has 2 aliphatic heterocycles. The lowest BCUT2D eigenvalue weighted by molar-refractivity contribution is -0.123. The number of ketones is 1. The van der Waals surface area contributed by atoms with Crippen LogP contribution in [0.5, 0.6) is 0 Å². The summed E-state index contributed by atoms with van der Waals surface area (Å²) >= 11 is 12.5. The zero-order valence-electron chi connectivity index (χ0n) is 24.9. The van der Waals surface area contributed by atoms with E-state index in [1.54, 1.807) is 12.1 Å². The van der Waals surface area contributed by atoms with Crippen molar-refractivity contribution >= 4 is 50.6 Å².